The second-order valence-electron chi connectivity index (χ2n) is 9.52. The largest absolute Gasteiger partial charge is 0.507 e. The van der Waals surface area contributed by atoms with E-state index >= 15 is 0 Å². The summed E-state index contributed by atoms with van der Waals surface area (Å²) in [6, 6.07) is 12.5. The van der Waals surface area contributed by atoms with Gasteiger partial charge in [0.1, 0.15) is 5.76 Å². The van der Waals surface area contributed by atoms with Gasteiger partial charge in [0, 0.05) is 45.8 Å². The molecule has 9 nitrogen and oxygen atoms in total. The molecule has 37 heavy (non-hydrogen) atoms. The van der Waals surface area contributed by atoms with E-state index in [1.54, 1.807) is 0 Å². The summed E-state index contributed by atoms with van der Waals surface area (Å²) in [6.45, 7) is 6.11. The number of likely N-dealkylation sites (tertiary alicyclic amines) is 1. The van der Waals surface area contributed by atoms with Crippen LogP contribution in [-0.4, -0.2) is 92.8 Å². The average Bonchev–Trinajstić information content (AvgIpc) is 3.14. The van der Waals surface area contributed by atoms with Crippen molar-refractivity contribution < 1.29 is 27.9 Å². The Morgan fingerprint density at radius 3 is 2.22 bits per heavy atom. The van der Waals surface area contributed by atoms with Crippen LogP contribution in [0.25, 0.3) is 5.76 Å². The number of aliphatic hydroxyl groups excluding tert-OH is 1. The highest BCUT2D eigenvalue weighted by molar-refractivity contribution is 7.89. The molecule has 198 valence electrons. The summed E-state index contributed by atoms with van der Waals surface area (Å²) in [6.07, 6.45) is 0.673. The second-order valence-corrected chi connectivity index (χ2v) is 11.7. The molecule has 10 heteroatoms. The number of hydrogen-bond donors (Lipinski definition) is 1. The lowest BCUT2D eigenvalue weighted by molar-refractivity contribution is -0.140. The third-order valence-corrected chi connectivity index (χ3v) is 8.65. The van der Waals surface area contributed by atoms with Crippen LogP contribution in [0, 0.1) is 6.92 Å². The Labute approximate surface area is 218 Å². The monoisotopic (exact) mass is 527 g/mol. The van der Waals surface area contributed by atoms with E-state index in [1.165, 1.54) is 43.3 Å². The Bertz CT molecular complexity index is 1280. The number of benzene rings is 2. The fourth-order valence-corrected chi connectivity index (χ4v) is 5.55. The van der Waals surface area contributed by atoms with Crippen molar-refractivity contribution in [3.05, 3.63) is 70.8 Å². The quantitative estimate of drug-likeness (QED) is 0.319. The van der Waals surface area contributed by atoms with Gasteiger partial charge in [-0.05, 0) is 43.2 Å². The van der Waals surface area contributed by atoms with Crippen LogP contribution in [0.5, 0.6) is 0 Å². The van der Waals surface area contributed by atoms with Crippen LogP contribution in [-0.2, 0) is 24.3 Å². The normalized spacial score (nSPS) is 20.6. The number of aliphatic hydroxyl groups is 1. The number of morpholine rings is 1. The van der Waals surface area contributed by atoms with E-state index in [4.69, 9.17) is 4.74 Å². The molecule has 0 radical (unpaired) electrons. The van der Waals surface area contributed by atoms with Crippen molar-refractivity contribution in [3.8, 4) is 0 Å². The van der Waals surface area contributed by atoms with Gasteiger partial charge < -0.3 is 14.7 Å². The molecule has 4 rings (SSSR count). The van der Waals surface area contributed by atoms with Gasteiger partial charge >= 0.3 is 0 Å². The summed E-state index contributed by atoms with van der Waals surface area (Å²) in [4.78, 5) is 30.2. The molecule has 1 N–H and O–H groups in total. The smallest absolute Gasteiger partial charge is 0.295 e. The summed E-state index contributed by atoms with van der Waals surface area (Å²) < 4.78 is 31.3. The Hall–Kier alpha value is -3.05. The van der Waals surface area contributed by atoms with E-state index < -0.39 is 27.8 Å². The molecule has 0 unspecified atom stereocenters. The van der Waals surface area contributed by atoms with E-state index in [1.807, 2.05) is 31.2 Å². The van der Waals surface area contributed by atoms with Crippen LogP contribution in [0.15, 0.2) is 59.0 Å². The number of amides is 1. The molecule has 0 spiro atoms. The fourth-order valence-electron chi connectivity index (χ4n) is 4.65. The minimum Gasteiger partial charge on any atom is -0.507 e. The third kappa shape index (κ3) is 5.62. The van der Waals surface area contributed by atoms with Crippen LogP contribution < -0.4 is 0 Å². The lowest BCUT2D eigenvalue weighted by Gasteiger charge is -2.29. The Balaban J connectivity index is 1.68. The summed E-state index contributed by atoms with van der Waals surface area (Å²) >= 11 is 0. The van der Waals surface area contributed by atoms with E-state index in [0.717, 1.165) is 35.1 Å². The lowest BCUT2D eigenvalue weighted by Crippen LogP contribution is -2.38. The zero-order valence-corrected chi connectivity index (χ0v) is 22.2. The SMILES string of the molecule is Cc1ccc([C@H]2/C(=C(\O)c3ccc(S(=O)(=O)N(C)C)cc3)C(=O)C(=O)N2CCCN2CCOCC2)cc1. The van der Waals surface area contributed by atoms with Gasteiger partial charge in [-0.25, -0.2) is 12.7 Å². The molecule has 2 aliphatic rings. The number of carbonyl (C=O) groups excluding carboxylic acids is 2. The van der Waals surface area contributed by atoms with E-state index in [-0.39, 0.29) is 21.8 Å². The number of aryl methyl sites for hydroxylation is 1. The standard InChI is InChI=1S/C27H33N3O6S/c1-19-5-7-20(8-6-19)24-23(25(31)21-9-11-22(12-10-21)37(34,35)28(2)3)26(32)27(33)30(24)14-4-13-29-15-17-36-18-16-29/h5-12,24,31H,4,13-18H2,1-3H3/b25-23+/t24-/m0/s1. The first kappa shape index (κ1) is 27.0. The number of sulfonamides is 1. The van der Waals surface area contributed by atoms with Crippen molar-refractivity contribution in [1.29, 1.82) is 0 Å². The third-order valence-electron chi connectivity index (χ3n) is 6.82. The molecule has 0 aliphatic carbocycles. The van der Waals surface area contributed by atoms with E-state index in [2.05, 4.69) is 4.90 Å². The van der Waals surface area contributed by atoms with Crippen LogP contribution in [0.1, 0.15) is 29.2 Å². The Kier molecular flexibility index (Phi) is 8.13. The van der Waals surface area contributed by atoms with Gasteiger partial charge in [-0.1, -0.05) is 29.8 Å². The fraction of sp³-hybridized carbons (Fsp3) is 0.407. The lowest BCUT2D eigenvalue weighted by atomic mass is 9.94. The number of ketones is 1. The highest BCUT2D eigenvalue weighted by Gasteiger charge is 2.45. The zero-order valence-electron chi connectivity index (χ0n) is 21.4. The second kappa shape index (κ2) is 11.1. The van der Waals surface area contributed by atoms with E-state index in [9.17, 15) is 23.1 Å². The predicted molar refractivity (Wildman–Crippen MR) is 139 cm³/mol. The number of rotatable bonds is 8. The molecule has 2 aromatic carbocycles. The minimum absolute atomic E-state index is 0.00319. The molecule has 0 saturated carbocycles. The maximum absolute atomic E-state index is 13.2. The molecule has 2 fully saturated rings. The average molecular weight is 528 g/mol. The molecule has 1 atom stereocenters. The van der Waals surface area contributed by atoms with Gasteiger partial charge in [-0.3, -0.25) is 14.5 Å². The summed E-state index contributed by atoms with van der Waals surface area (Å²) in [5.74, 6) is -1.73. The molecule has 2 heterocycles. The van der Waals surface area contributed by atoms with Crippen LogP contribution in [0.4, 0.5) is 0 Å². The molecule has 0 aromatic heterocycles. The molecule has 2 aliphatic heterocycles. The number of ether oxygens (including phenoxy) is 1. The van der Waals surface area contributed by atoms with Crippen molar-refractivity contribution in [1.82, 2.24) is 14.1 Å². The first-order chi connectivity index (χ1) is 17.6. The highest BCUT2D eigenvalue weighted by atomic mass is 32.2. The zero-order chi connectivity index (χ0) is 26.7. The van der Waals surface area contributed by atoms with Crippen LogP contribution in [0.2, 0.25) is 0 Å². The van der Waals surface area contributed by atoms with Gasteiger partial charge in [0.25, 0.3) is 11.7 Å². The van der Waals surface area contributed by atoms with Crippen molar-refractivity contribution >= 4 is 27.5 Å². The van der Waals surface area contributed by atoms with Crippen molar-refractivity contribution in [3.63, 3.8) is 0 Å². The first-order valence-corrected chi connectivity index (χ1v) is 13.7. The predicted octanol–water partition coefficient (Wildman–Crippen LogP) is 2.39. The summed E-state index contributed by atoms with van der Waals surface area (Å²) in [5.41, 5.74) is 2.03. The Morgan fingerprint density at radius 2 is 1.62 bits per heavy atom. The van der Waals surface area contributed by atoms with Gasteiger partial charge in [-0.15, -0.1) is 0 Å². The Morgan fingerprint density at radius 1 is 1.00 bits per heavy atom. The van der Waals surface area contributed by atoms with Crippen LogP contribution >= 0.6 is 0 Å². The molecule has 2 aromatic rings. The van der Waals surface area contributed by atoms with Gasteiger partial charge in [0.05, 0.1) is 29.7 Å². The van der Waals surface area contributed by atoms with Crippen molar-refractivity contribution in [2.45, 2.75) is 24.3 Å². The number of hydrogen-bond acceptors (Lipinski definition) is 7. The summed E-state index contributed by atoms with van der Waals surface area (Å²) in [5, 5.41) is 11.2. The molecule has 0 bridgehead atoms. The van der Waals surface area contributed by atoms with Crippen molar-refractivity contribution in [2.75, 3.05) is 53.5 Å². The minimum atomic E-state index is -3.65. The number of carbonyl (C=O) groups is 2. The van der Waals surface area contributed by atoms with E-state index in [0.29, 0.717) is 26.2 Å². The maximum Gasteiger partial charge on any atom is 0.295 e. The topological polar surface area (TPSA) is 107 Å². The highest BCUT2D eigenvalue weighted by Crippen LogP contribution is 2.39. The molecular formula is C27H33N3O6S. The molecule has 2 saturated heterocycles. The van der Waals surface area contributed by atoms with Crippen molar-refractivity contribution in [2.24, 2.45) is 0 Å². The summed E-state index contributed by atoms with van der Waals surface area (Å²) in [7, 11) is -0.778. The first-order valence-electron chi connectivity index (χ1n) is 12.3. The molecular weight excluding hydrogens is 494 g/mol. The number of nitrogens with zero attached hydrogens (tertiary/aromatic N) is 3. The number of Topliss-reactive ketones (excluding diaryl/α,β-unsaturated/α-hetero) is 1. The van der Waals surface area contributed by atoms with Gasteiger partial charge in [-0.2, -0.15) is 0 Å². The molecule has 1 amide bonds. The van der Waals surface area contributed by atoms with Gasteiger partial charge in [0.2, 0.25) is 10.0 Å². The van der Waals surface area contributed by atoms with Crippen LogP contribution in [0.3, 0.4) is 0 Å². The maximum atomic E-state index is 13.2. The van der Waals surface area contributed by atoms with Gasteiger partial charge in [0.15, 0.2) is 0 Å².